The molecule has 2 aromatic rings. The number of rotatable bonds is 9. The quantitative estimate of drug-likeness (QED) is 0.428. The number of thioether (sulfide) groups is 1. The second-order valence-corrected chi connectivity index (χ2v) is 9.56. The molecule has 1 aromatic carbocycles. The SMILES string of the molecule is CCCN(CC1CC1)C(=O)CSc1nc2cc(Cl)ccc2c(=O)n1CC1CCCO1. The number of amides is 1. The van der Waals surface area contributed by atoms with Crippen molar-refractivity contribution in [3.8, 4) is 0 Å². The van der Waals surface area contributed by atoms with Crippen LogP contribution in [0.25, 0.3) is 10.9 Å². The van der Waals surface area contributed by atoms with Crippen LogP contribution in [0.2, 0.25) is 5.02 Å². The van der Waals surface area contributed by atoms with E-state index in [9.17, 15) is 9.59 Å². The molecule has 1 saturated carbocycles. The van der Waals surface area contributed by atoms with Gasteiger partial charge in [0.25, 0.3) is 5.56 Å². The Balaban J connectivity index is 1.58. The Morgan fingerprint density at radius 3 is 2.90 bits per heavy atom. The molecule has 6 nitrogen and oxygen atoms in total. The van der Waals surface area contributed by atoms with Crippen molar-refractivity contribution in [3.05, 3.63) is 33.6 Å². The van der Waals surface area contributed by atoms with Gasteiger partial charge < -0.3 is 9.64 Å². The van der Waals surface area contributed by atoms with E-state index in [1.165, 1.54) is 24.6 Å². The van der Waals surface area contributed by atoms with Crippen LogP contribution in [0.4, 0.5) is 0 Å². The number of ether oxygens (including phenoxy) is 1. The summed E-state index contributed by atoms with van der Waals surface area (Å²) in [5.74, 6) is 1.04. The first-order valence-corrected chi connectivity index (χ1v) is 12.1. The molecule has 1 aromatic heterocycles. The largest absolute Gasteiger partial charge is 0.376 e. The number of aromatic nitrogens is 2. The van der Waals surface area contributed by atoms with Crippen molar-refractivity contribution in [2.45, 2.75) is 56.8 Å². The summed E-state index contributed by atoms with van der Waals surface area (Å²) in [7, 11) is 0. The van der Waals surface area contributed by atoms with Gasteiger partial charge in [-0.05, 0) is 56.2 Å². The molecule has 8 heteroatoms. The number of nitrogens with zero attached hydrogens (tertiary/aromatic N) is 3. The minimum absolute atomic E-state index is 0.00996. The van der Waals surface area contributed by atoms with Crippen molar-refractivity contribution in [1.82, 2.24) is 14.5 Å². The third-order valence-electron chi connectivity index (χ3n) is 5.64. The maximum Gasteiger partial charge on any atom is 0.262 e. The predicted octanol–water partition coefficient (Wildman–Crippen LogP) is 3.97. The second-order valence-electron chi connectivity index (χ2n) is 8.18. The lowest BCUT2D eigenvalue weighted by atomic mass is 10.2. The Morgan fingerprint density at radius 1 is 1.37 bits per heavy atom. The number of fused-ring (bicyclic) bond motifs is 1. The molecule has 30 heavy (non-hydrogen) atoms. The fraction of sp³-hybridized carbons (Fsp3) is 0.591. The highest BCUT2D eigenvalue weighted by Gasteiger charge is 2.27. The summed E-state index contributed by atoms with van der Waals surface area (Å²) in [4.78, 5) is 32.7. The van der Waals surface area contributed by atoms with Crippen molar-refractivity contribution in [2.75, 3.05) is 25.4 Å². The second kappa shape index (κ2) is 9.71. The molecule has 0 spiro atoms. The van der Waals surface area contributed by atoms with Crippen molar-refractivity contribution in [3.63, 3.8) is 0 Å². The number of benzene rings is 1. The number of carbonyl (C=O) groups is 1. The number of halogens is 1. The van der Waals surface area contributed by atoms with Crippen LogP contribution < -0.4 is 5.56 Å². The first-order valence-electron chi connectivity index (χ1n) is 10.8. The van der Waals surface area contributed by atoms with E-state index in [1.54, 1.807) is 22.8 Å². The van der Waals surface area contributed by atoms with Gasteiger partial charge in [0.1, 0.15) is 0 Å². The van der Waals surface area contributed by atoms with E-state index in [0.29, 0.717) is 33.5 Å². The van der Waals surface area contributed by atoms with Gasteiger partial charge in [-0.2, -0.15) is 0 Å². The van der Waals surface area contributed by atoms with E-state index in [0.717, 1.165) is 39.0 Å². The Bertz CT molecular complexity index is 970. The van der Waals surface area contributed by atoms with Gasteiger partial charge in [-0.15, -0.1) is 0 Å². The minimum atomic E-state index is -0.106. The van der Waals surface area contributed by atoms with E-state index in [2.05, 4.69) is 6.92 Å². The summed E-state index contributed by atoms with van der Waals surface area (Å²) in [6, 6.07) is 5.13. The molecule has 2 aliphatic rings. The molecule has 0 N–H and O–H groups in total. The zero-order valence-corrected chi connectivity index (χ0v) is 18.9. The Hall–Kier alpha value is -1.57. The van der Waals surface area contributed by atoms with Crippen molar-refractivity contribution >= 4 is 40.2 Å². The van der Waals surface area contributed by atoms with Crippen LogP contribution in [0.15, 0.2) is 28.2 Å². The summed E-state index contributed by atoms with van der Waals surface area (Å²) in [6.07, 6.45) is 5.32. The number of carbonyl (C=O) groups excluding carboxylic acids is 1. The number of hydrogen-bond donors (Lipinski definition) is 0. The molecule has 4 rings (SSSR count). The lowest BCUT2D eigenvalue weighted by Gasteiger charge is -2.22. The van der Waals surface area contributed by atoms with E-state index in [4.69, 9.17) is 21.3 Å². The zero-order chi connectivity index (χ0) is 21.1. The number of hydrogen-bond acceptors (Lipinski definition) is 5. The summed E-state index contributed by atoms with van der Waals surface area (Å²) in [6.45, 7) is 4.90. The molecule has 1 amide bonds. The monoisotopic (exact) mass is 449 g/mol. The van der Waals surface area contributed by atoms with Gasteiger partial charge in [0, 0.05) is 24.7 Å². The summed E-state index contributed by atoms with van der Waals surface area (Å²) < 4.78 is 7.43. The fourth-order valence-corrected chi connectivity index (χ4v) is 4.93. The average molecular weight is 450 g/mol. The van der Waals surface area contributed by atoms with Crippen LogP contribution in [0, 0.1) is 5.92 Å². The molecular weight excluding hydrogens is 422 g/mol. The molecular formula is C22H28ClN3O3S. The molecule has 1 aliphatic heterocycles. The van der Waals surface area contributed by atoms with E-state index >= 15 is 0 Å². The van der Waals surface area contributed by atoms with Crippen molar-refractivity contribution in [2.24, 2.45) is 5.92 Å². The van der Waals surface area contributed by atoms with Gasteiger partial charge in [-0.1, -0.05) is 30.3 Å². The molecule has 2 heterocycles. The summed E-state index contributed by atoms with van der Waals surface area (Å²) in [5.41, 5.74) is 0.458. The van der Waals surface area contributed by atoms with Crippen LogP contribution in [0.3, 0.4) is 0 Å². The van der Waals surface area contributed by atoms with Crippen LogP contribution in [-0.2, 0) is 16.1 Å². The smallest absolute Gasteiger partial charge is 0.262 e. The highest BCUT2D eigenvalue weighted by molar-refractivity contribution is 7.99. The van der Waals surface area contributed by atoms with Crippen molar-refractivity contribution < 1.29 is 9.53 Å². The first kappa shape index (κ1) is 21.7. The van der Waals surface area contributed by atoms with Crippen LogP contribution in [0.1, 0.15) is 39.0 Å². The van der Waals surface area contributed by atoms with Gasteiger partial charge in [0.05, 0.1) is 29.3 Å². The summed E-state index contributed by atoms with van der Waals surface area (Å²) in [5, 5.41) is 1.63. The maximum atomic E-state index is 13.2. The Labute approximate surface area is 185 Å². The van der Waals surface area contributed by atoms with Gasteiger partial charge in [-0.3, -0.25) is 14.2 Å². The van der Waals surface area contributed by atoms with Crippen LogP contribution in [0.5, 0.6) is 0 Å². The highest BCUT2D eigenvalue weighted by Crippen LogP contribution is 2.30. The van der Waals surface area contributed by atoms with Crippen LogP contribution in [-0.4, -0.2) is 51.9 Å². The zero-order valence-electron chi connectivity index (χ0n) is 17.3. The van der Waals surface area contributed by atoms with Crippen molar-refractivity contribution in [1.29, 1.82) is 0 Å². The fourth-order valence-electron chi connectivity index (χ4n) is 3.85. The van der Waals surface area contributed by atoms with Crippen LogP contribution >= 0.6 is 23.4 Å². The molecule has 1 unspecified atom stereocenters. The van der Waals surface area contributed by atoms with E-state index < -0.39 is 0 Å². The Kier molecular flexibility index (Phi) is 7.01. The lowest BCUT2D eigenvalue weighted by molar-refractivity contribution is -0.128. The topological polar surface area (TPSA) is 64.4 Å². The van der Waals surface area contributed by atoms with E-state index in [1.807, 2.05) is 4.90 Å². The normalized spacial score (nSPS) is 18.8. The molecule has 1 aliphatic carbocycles. The summed E-state index contributed by atoms with van der Waals surface area (Å²) >= 11 is 7.46. The molecule has 0 radical (unpaired) electrons. The average Bonchev–Trinajstić information content (AvgIpc) is 3.40. The highest BCUT2D eigenvalue weighted by atomic mass is 35.5. The molecule has 2 fully saturated rings. The predicted molar refractivity (Wildman–Crippen MR) is 120 cm³/mol. The molecule has 1 atom stereocenters. The van der Waals surface area contributed by atoms with Gasteiger partial charge >= 0.3 is 0 Å². The van der Waals surface area contributed by atoms with E-state index in [-0.39, 0.29) is 23.3 Å². The van der Waals surface area contributed by atoms with Gasteiger partial charge in [-0.25, -0.2) is 4.98 Å². The lowest BCUT2D eigenvalue weighted by Crippen LogP contribution is -2.35. The van der Waals surface area contributed by atoms with Gasteiger partial charge in [0.15, 0.2) is 5.16 Å². The third kappa shape index (κ3) is 5.18. The molecule has 0 bridgehead atoms. The molecule has 1 saturated heterocycles. The Morgan fingerprint density at radius 2 is 2.20 bits per heavy atom. The van der Waals surface area contributed by atoms with Gasteiger partial charge in [0.2, 0.25) is 5.91 Å². The maximum absolute atomic E-state index is 13.2. The molecule has 162 valence electrons. The first-order chi connectivity index (χ1) is 14.5. The standard InChI is InChI=1S/C22H28ClN3O3S/c1-2-9-25(12-15-5-6-15)20(27)14-30-22-24-19-11-16(23)7-8-18(19)21(28)26(22)13-17-4-3-10-29-17/h7-8,11,15,17H,2-6,9-10,12-14H2,1H3. The minimum Gasteiger partial charge on any atom is -0.376 e. The third-order valence-corrected chi connectivity index (χ3v) is 6.84.